The summed E-state index contributed by atoms with van der Waals surface area (Å²) in [6.45, 7) is 11.7. The predicted molar refractivity (Wildman–Crippen MR) is 161 cm³/mol. The van der Waals surface area contributed by atoms with Crippen LogP contribution in [0, 0.1) is 25.7 Å². The van der Waals surface area contributed by atoms with E-state index in [2.05, 4.69) is 13.2 Å². The van der Waals surface area contributed by atoms with Crippen molar-refractivity contribution in [1.29, 1.82) is 0 Å². The van der Waals surface area contributed by atoms with Gasteiger partial charge >= 0.3 is 5.97 Å². The zero-order valence-electron chi connectivity index (χ0n) is 23.7. The monoisotopic (exact) mass is 574 g/mol. The third kappa shape index (κ3) is 4.81. The number of nitrogens with zero attached hydrogens (tertiary/aromatic N) is 2. The van der Waals surface area contributed by atoms with Crippen LogP contribution in [0.5, 0.6) is 0 Å². The molecule has 3 heterocycles. The first-order valence-corrected chi connectivity index (χ1v) is 15.1. The molecule has 3 aliphatic rings. The first-order chi connectivity index (χ1) is 19.8. The molecule has 6 atom stereocenters. The van der Waals surface area contributed by atoms with E-state index < -0.39 is 34.6 Å². The number of carbonyl (C=O) groups excluding carboxylic acids is 3. The van der Waals surface area contributed by atoms with Crippen LogP contribution in [0.25, 0.3) is 0 Å². The molecule has 0 radical (unpaired) electrons. The fraction of sp³-hybridized carbons (Fsp3) is 0.424. The maximum Gasteiger partial charge on any atom is 0.310 e. The summed E-state index contributed by atoms with van der Waals surface area (Å²) in [5, 5.41) is 10.6. The number of hydrogen-bond donors (Lipinski definition) is 1. The summed E-state index contributed by atoms with van der Waals surface area (Å²) in [4.78, 5) is 46.2. The van der Waals surface area contributed by atoms with Gasteiger partial charge in [0.2, 0.25) is 5.91 Å². The Morgan fingerprint density at radius 2 is 1.85 bits per heavy atom. The second-order valence-electron chi connectivity index (χ2n) is 11.1. The van der Waals surface area contributed by atoms with Crippen molar-refractivity contribution in [1.82, 2.24) is 4.90 Å². The number of anilines is 1. The second-order valence-corrected chi connectivity index (χ2v) is 12.7. The van der Waals surface area contributed by atoms with E-state index in [0.29, 0.717) is 19.3 Å². The van der Waals surface area contributed by atoms with Crippen molar-refractivity contribution in [3.63, 3.8) is 0 Å². The molecule has 7 nitrogen and oxygen atoms in total. The summed E-state index contributed by atoms with van der Waals surface area (Å²) in [6, 6.07) is 13.6. The number of rotatable bonds is 11. The molecule has 2 amide bonds. The van der Waals surface area contributed by atoms with Crippen LogP contribution >= 0.6 is 11.8 Å². The van der Waals surface area contributed by atoms with Gasteiger partial charge in [0.15, 0.2) is 0 Å². The molecule has 2 aromatic rings. The number of benzene rings is 2. The number of esters is 1. The zero-order valence-corrected chi connectivity index (χ0v) is 24.5. The quantitative estimate of drug-likeness (QED) is 0.237. The fourth-order valence-corrected chi connectivity index (χ4v) is 9.33. The molecule has 3 aliphatic heterocycles. The molecule has 216 valence electrons. The fourth-order valence-electron chi connectivity index (χ4n) is 7.14. The second kappa shape index (κ2) is 11.9. The number of thioether (sulfide) groups is 1. The summed E-state index contributed by atoms with van der Waals surface area (Å²) >= 11 is 1.59. The molecule has 2 unspecified atom stereocenters. The highest BCUT2D eigenvalue weighted by Crippen LogP contribution is 2.67. The lowest BCUT2D eigenvalue weighted by molar-refractivity contribution is -0.154. The molecular formula is C33H38N2O5S. The molecule has 1 spiro atoms. The molecule has 0 saturated carbocycles. The molecule has 1 N–H and O–H groups in total. The minimum atomic E-state index is -0.878. The smallest absolute Gasteiger partial charge is 0.310 e. The van der Waals surface area contributed by atoms with Gasteiger partial charge in [-0.15, -0.1) is 24.9 Å². The average Bonchev–Trinajstić information content (AvgIpc) is 3.61. The van der Waals surface area contributed by atoms with Crippen LogP contribution in [-0.2, 0) is 19.1 Å². The van der Waals surface area contributed by atoms with Crippen molar-refractivity contribution in [2.24, 2.45) is 11.8 Å². The summed E-state index contributed by atoms with van der Waals surface area (Å²) in [5.41, 5.74) is 3.42. The summed E-state index contributed by atoms with van der Waals surface area (Å²) in [6.07, 6.45) is 5.26. The zero-order chi connectivity index (χ0) is 29.3. The number of fused-ring (bicyclic) bond motifs is 1. The molecule has 0 aliphatic carbocycles. The maximum absolute atomic E-state index is 14.9. The summed E-state index contributed by atoms with van der Waals surface area (Å²) in [5.74, 6) is -2.24. The van der Waals surface area contributed by atoms with Gasteiger partial charge in [0.05, 0.1) is 35.8 Å². The van der Waals surface area contributed by atoms with Crippen LogP contribution in [0.15, 0.2) is 73.8 Å². The van der Waals surface area contributed by atoms with Crippen molar-refractivity contribution in [3.05, 3.63) is 90.5 Å². The van der Waals surface area contributed by atoms with E-state index in [0.717, 1.165) is 22.4 Å². The highest BCUT2D eigenvalue weighted by atomic mass is 32.2. The molecule has 0 aromatic heterocycles. The van der Waals surface area contributed by atoms with Crippen molar-refractivity contribution < 1.29 is 24.2 Å². The third-order valence-corrected chi connectivity index (χ3v) is 10.7. The Morgan fingerprint density at radius 3 is 2.49 bits per heavy atom. The third-order valence-electron chi connectivity index (χ3n) is 8.79. The van der Waals surface area contributed by atoms with E-state index in [1.807, 2.05) is 62.4 Å². The molecular weight excluding hydrogens is 536 g/mol. The summed E-state index contributed by atoms with van der Waals surface area (Å²) in [7, 11) is 0. The first kappa shape index (κ1) is 29.1. The van der Waals surface area contributed by atoms with Gasteiger partial charge in [-0.05, 0) is 49.8 Å². The van der Waals surface area contributed by atoms with Gasteiger partial charge in [-0.25, -0.2) is 0 Å². The Balaban J connectivity index is 1.64. The predicted octanol–water partition coefficient (Wildman–Crippen LogP) is 4.77. The van der Waals surface area contributed by atoms with Crippen LogP contribution in [0.4, 0.5) is 5.69 Å². The van der Waals surface area contributed by atoms with Gasteiger partial charge in [-0.1, -0.05) is 60.7 Å². The average molecular weight is 575 g/mol. The molecule has 2 bridgehead atoms. The normalized spacial score (nSPS) is 26.9. The van der Waals surface area contributed by atoms with Crippen LogP contribution in [-0.4, -0.2) is 63.6 Å². The van der Waals surface area contributed by atoms with E-state index in [4.69, 9.17) is 4.74 Å². The standard InChI is InChI=1S/C33H38N2O5S/c1-5-7-19-40-32(39)26-25-16-17-33(41-25)27(26)30(37)35(24(20-36)23-14-9-8-10-15-23)29(33)31(38)34(18-6-2)28-21(3)12-11-13-22(28)4/h5-6,8-15,24-27,29,36H,1-2,7,16-20H2,3-4H3/t24-,25+,26-,27+,29?,33?/m1/s1. The largest absolute Gasteiger partial charge is 0.465 e. The highest BCUT2D eigenvalue weighted by molar-refractivity contribution is 8.02. The number of hydrogen-bond acceptors (Lipinski definition) is 6. The van der Waals surface area contributed by atoms with Crippen LogP contribution in [0.3, 0.4) is 0 Å². The molecule has 3 saturated heterocycles. The van der Waals surface area contributed by atoms with Gasteiger partial charge in [0, 0.05) is 17.5 Å². The number of aliphatic hydroxyl groups is 1. The Morgan fingerprint density at radius 1 is 1.15 bits per heavy atom. The maximum atomic E-state index is 14.9. The van der Waals surface area contributed by atoms with Crippen molar-refractivity contribution >= 4 is 35.2 Å². The Hall–Kier alpha value is -3.36. The summed E-state index contributed by atoms with van der Waals surface area (Å²) < 4.78 is 4.80. The number of carbonyl (C=O) groups is 3. The number of likely N-dealkylation sites (tertiary alicyclic amines) is 1. The van der Waals surface area contributed by atoms with Crippen LogP contribution in [0.1, 0.15) is 42.0 Å². The van der Waals surface area contributed by atoms with E-state index in [1.54, 1.807) is 33.7 Å². The van der Waals surface area contributed by atoms with Crippen molar-refractivity contribution in [3.8, 4) is 0 Å². The lowest BCUT2D eigenvalue weighted by atomic mass is 9.71. The van der Waals surface area contributed by atoms with Gasteiger partial charge in [0.25, 0.3) is 5.91 Å². The lowest BCUT2D eigenvalue weighted by Crippen LogP contribution is -2.56. The molecule has 8 heteroatoms. The highest BCUT2D eigenvalue weighted by Gasteiger charge is 2.75. The molecule has 5 rings (SSSR count). The van der Waals surface area contributed by atoms with E-state index >= 15 is 0 Å². The number of aliphatic hydroxyl groups excluding tert-OH is 1. The Bertz CT molecular complexity index is 1330. The van der Waals surface area contributed by atoms with Gasteiger partial charge < -0.3 is 19.6 Å². The SMILES string of the molecule is C=CCCOC(=O)[C@@H]1[C@@H]2CCC3(S2)C(C(=O)N(CC=C)c2c(C)cccc2C)N([C@H](CO)c2ccccc2)C(=O)[C@H]13. The number of aryl methyl sites for hydroxylation is 2. The molecule has 41 heavy (non-hydrogen) atoms. The van der Waals surface area contributed by atoms with Crippen LogP contribution < -0.4 is 4.90 Å². The van der Waals surface area contributed by atoms with Gasteiger partial charge in [-0.2, -0.15) is 0 Å². The minimum Gasteiger partial charge on any atom is -0.465 e. The van der Waals surface area contributed by atoms with Crippen molar-refractivity contribution in [2.45, 2.75) is 55.2 Å². The van der Waals surface area contributed by atoms with E-state index in [1.165, 1.54) is 0 Å². The van der Waals surface area contributed by atoms with E-state index in [-0.39, 0.29) is 36.8 Å². The first-order valence-electron chi connectivity index (χ1n) is 14.2. The topological polar surface area (TPSA) is 87.2 Å². The van der Waals surface area contributed by atoms with Crippen molar-refractivity contribution in [2.75, 3.05) is 24.7 Å². The molecule has 3 fully saturated rings. The van der Waals surface area contributed by atoms with Crippen LogP contribution in [0.2, 0.25) is 0 Å². The Kier molecular flexibility index (Phi) is 8.43. The van der Waals surface area contributed by atoms with Gasteiger partial charge in [0.1, 0.15) is 6.04 Å². The number of para-hydroxylation sites is 1. The lowest BCUT2D eigenvalue weighted by Gasteiger charge is -2.40. The number of ether oxygens (including phenoxy) is 1. The molecule has 2 aromatic carbocycles. The number of amides is 2. The Labute approximate surface area is 246 Å². The minimum absolute atomic E-state index is 0.102. The van der Waals surface area contributed by atoms with E-state index in [9.17, 15) is 19.5 Å². The van der Waals surface area contributed by atoms with Gasteiger partial charge in [-0.3, -0.25) is 14.4 Å².